The fourth-order valence-electron chi connectivity index (χ4n) is 4.14. The Hall–Kier alpha value is -2.91. The highest BCUT2D eigenvalue weighted by atomic mass is 32.2. The predicted octanol–water partition coefficient (Wildman–Crippen LogP) is 3.05. The minimum absolute atomic E-state index is 0.0987. The highest BCUT2D eigenvalue weighted by Crippen LogP contribution is 2.30. The van der Waals surface area contributed by atoms with Gasteiger partial charge in [-0.1, -0.05) is 23.9 Å². The van der Waals surface area contributed by atoms with E-state index >= 15 is 0 Å². The number of amides is 1. The number of carbonyl (C=O) groups is 1. The van der Waals surface area contributed by atoms with Crippen molar-refractivity contribution in [2.75, 3.05) is 68.0 Å². The molecule has 7 nitrogen and oxygen atoms in total. The van der Waals surface area contributed by atoms with Crippen LogP contribution in [0.5, 0.6) is 0 Å². The van der Waals surface area contributed by atoms with Gasteiger partial charge in [-0.05, 0) is 36.4 Å². The van der Waals surface area contributed by atoms with Crippen molar-refractivity contribution in [3.05, 3.63) is 54.3 Å². The zero-order valence-corrected chi connectivity index (χ0v) is 19.1. The van der Waals surface area contributed by atoms with Crippen molar-refractivity contribution in [3.8, 4) is 0 Å². The number of hydrogen-bond acceptors (Lipinski definition) is 7. The third-order valence-electron chi connectivity index (χ3n) is 5.99. The summed E-state index contributed by atoms with van der Waals surface area (Å²) in [5.74, 6) is 1.01. The summed E-state index contributed by atoms with van der Waals surface area (Å²) in [4.78, 5) is 28.9. The number of fused-ring (bicyclic) bond motifs is 1. The average molecular weight is 468 g/mol. The first-order valence-electron chi connectivity index (χ1n) is 11.2. The van der Waals surface area contributed by atoms with Crippen molar-refractivity contribution >= 4 is 40.2 Å². The largest absolute Gasteiger partial charge is 0.378 e. The Labute approximate surface area is 196 Å². The van der Waals surface area contributed by atoms with Crippen molar-refractivity contribution in [1.82, 2.24) is 14.9 Å². The Bertz CT molecular complexity index is 1120. The summed E-state index contributed by atoms with van der Waals surface area (Å²) in [7, 11) is 0. The summed E-state index contributed by atoms with van der Waals surface area (Å²) in [6, 6.07) is 14.3. The number of ether oxygens (including phenoxy) is 1. The number of benzene rings is 2. The SMILES string of the molecule is O=C(CSc1nc2ccccc2nc1N1CCOCC1)N1CCN(c2ccc(F)cc2)CC1. The van der Waals surface area contributed by atoms with E-state index in [1.54, 1.807) is 12.1 Å². The fraction of sp³-hybridized carbons (Fsp3) is 0.375. The van der Waals surface area contributed by atoms with Crippen LogP contribution in [0.1, 0.15) is 0 Å². The number of anilines is 2. The lowest BCUT2D eigenvalue weighted by molar-refractivity contribution is -0.128. The lowest BCUT2D eigenvalue weighted by atomic mass is 10.2. The molecule has 2 aromatic carbocycles. The van der Waals surface area contributed by atoms with Gasteiger partial charge in [0.25, 0.3) is 0 Å². The summed E-state index contributed by atoms with van der Waals surface area (Å²) in [5, 5.41) is 0.786. The molecule has 1 aromatic heterocycles. The Morgan fingerprint density at radius 1 is 0.879 bits per heavy atom. The molecule has 2 aliphatic rings. The molecule has 0 N–H and O–H groups in total. The molecule has 0 unspecified atom stereocenters. The van der Waals surface area contributed by atoms with Crippen LogP contribution in [0.4, 0.5) is 15.9 Å². The predicted molar refractivity (Wildman–Crippen MR) is 128 cm³/mol. The zero-order valence-electron chi connectivity index (χ0n) is 18.3. The van der Waals surface area contributed by atoms with E-state index in [-0.39, 0.29) is 11.7 Å². The zero-order chi connectivity index (χ0) is 22.6. The standard InChI is InChI=1S/C24H26FN5O2S/c25-18-5-7-19(8-6-18)28-9-11-29(12-10-28)22(31)17-33-24-23(30-13-15-32-16-14-30)26-20-3-1-2-4-21(20)27-24/h1-8H,9-17H2. The van der Waals surface area contributed by atoms with Crippen LogP contribution in [0.15, 0.2) is 53.6 Å². The number of nitrogens with zero attached hydrogens (tertiary/aromatic N) is 5. The monoisotopic (exact) mass is 467 g/mol. The summed E-state index contributed by atoms with van der Waals surface area (Å²) < 4.78 is 18.7. The minimum atomic E-state index is -0.238. The van der Waals surface area contributed by atoms with Gasteiger partial charge in [0.2, 0.25) is 5.91 Å². The molecule has 0 aliphatic carbocycles. The maximum absolute atomic E-state index is 13.2. The van der Waals surface area contributed by atoms with Gasteiger partial charge in [-0.2, -0.15) is 0 Å². The van der Waals surface area contributed by atoms with Gasteiger partial charge in [-0.3, -0.25) is 4.79 Å². The molecule has 5 rings (SSSR count). The molecule has 0 spiro atoms. The van der Waals surface area contributed by atoms with E-state index in [0.717, 1.165) is 53.7 Å². The third kappa shape index (κ3) is 5.04. The number of piperazine rings is 1. The molecular formula is C24H26FN5O2S. The number of halogens is 1. The molecule has 0 saturated carbocycles. The van der Waals surface area contributed by atoms with Crippen molar-refractivity contribution < 1.29 is 13.9 Å². The van der Waals surface area contributed by atoms with Crippen LogP contribution < -0.4 is 9.80 Å². The molecule has 9 heteroatoms. The number of thioether (sulfide) groups is 1. The number of rotatable bonds is 5. The van der Waals surface area contributed by atoms with Crippen LogP contribution in [0.2, 0.25) is 0 Å². The summed E-state index contributed by atoms with van der Waals surface area (Å²) in [5.41, 5.74) is 2.67. The van der Waals surface area contributed by atoms with E-state index in [0.29, 0.717) is 32.1 Å². The van der Waals surface area contributed by atoms with E-state index in [1.807, 2.05) is 29.2 Å². The molecule has 0 atom stereocenters. The van der Waals surface area contributed by atoms with Crippen LogP contribution in [0, 0.1) is 5.82 Å². The van der Waals surface area contributed by atoms with E-state index in [4.69, 9.17) is 14.7 Å². The molecule has 2 fully saturated rings. The van der Waals surface area contributed by atoms with Gasteiger partial charge in [0.15, 0.2) is 5.82 Å². The fourth-order valence-corrected chi connectivity index (χ4v) is 5.05. The van der Waals surface area contributed by atoms with Crippen LogP contribution in [0.3, 0.4) is 0 Å². The van der Waals surface area contributed by atoms with E-state index in [1.165, 1.54) is 23.9 Å². The van der Waals surface area contributed by atoms with Crippen LogP contribution in [-0.4, -0.2) is 79.0 Å². The smallest absolute Gasteiger partial charge is 0.233 e. The van der Waals surface area contributed by atoms with Crippen LogP contribution in [-0.2, 0) is 9.53 Å². The molecule has 2 aliphatic heterocycles. The second-order valence-corrected chi connectivity index (χ2v) is 9.04. The molecule has 1 amide bonds. The maximum Gasteiger partial charge on any atom is 0.233 e. The molecule has 172 valence electrons. The molecule has 33 heavy (non-hydrogen) atoms. The number of carbonyl (C=O) groups excluding carboxylic acids is 1. The van der Waals surface area contributed by atoms with Gasteiger partial charge < -0.3 is 19.4 Å². The number of aromatic nitrogens is 2. The van der Waals surface area contributed by atoms with Gasteiger partial charge in [-0.15, -0.1) is 0 Å². The van der Waals surface area contributed by atoms with Crippen molar-refractivity contribution in [2.45, 2.75) is 5.03 Å². The Morgan fingerprint density at radius 2 is 1.55 bits per heavy atom. The second kappa shape index (κ2) is 9.93. The second-order valence-electron chi connectivity index (χ2n) is 8.07. The first-order valence-corrected chi connectivity index (χ1v) is 12.2. The van der Waals surface area contributed by atoms with Crippen molar-refractivity contribution in [1.29, 1.82) is 0 Å². The lowest BCUT2D eigenvalue weighted by Crippen LogP contribution is -2.49. The van der Waals surface area contributed by atoms with Crippen LogP contribution >= 0.6 is 11.8 Å². The molecule has 2 saturated heterocycles. The van der Waals surface area contributed by atoms with Crippen molar-refractivity contribution in [3.63, 3.8) is 0 Å². The average Bonchev–Trinajstić information content (AvgIpc) is 2.88. The van der Waals surface area contributed by atoms with Gasteiger partial charge in [0.05, 0.1) is 30.0 Å². The maximum atomic E-state index is 13.2. The van der Waals surface area contributed by atoms with Gasteiger partial charge in [0, 0.05) is 45.0 Å². The minimum Gasteiger partial charge on any atom is -0.378 e. The Morgan fingerprint density at radius 3 is 2.24 bits per heavy atom. The van der Waals surface area contributed by atoms with E-state index < -0.39 is 0 Å². The number of para-hydroxylation sites is 2. The van der Waals surface area contributed by atoms with Crippen LogP contribution in [0.25, 0.3) is 11.0 Å². The topological polar surface area (TPSA) is 61.8 Å². The highest BCUT2D eigenvalue weighted by molar-refractivity contribution is 8.00. The summed E-state index contributed by atoms with van der Waals surface area (Å²) >= 11 is 1.45. The molecule has 3 aromatic rings. The number of morpholine rings is 1. The van der Waals surface area contributed by atoms with Crippen molar-refractivity contribution in [2.24, 2.45) is 0 Å². The first kappa shape index (κ1) is 21.9. The molecular weight excluding hydrogens is 441 g/mol. The number of hydrogen-bond donors (Lipinski definition) is 0. The first-order chi connectivity index (χ1) is 16.2. The summed E-state index contributed by atoms with van der Waals surface area (Å²) in [6.45, 7) is 5.62. The molecule has 0 bridgehead atoms. The van der Waals surface area contributed by atoms with Gasteiger partial charge in [0.1, 0.15) is 10.8 Å². The van der Waals surface area contributed by atoms with Gasteiger partial charge >= 0.3 is 0 Å². The summed E-state index contributed by atoms with van der Waals surface area (Å²) in [6.07, 6.45) is 0. The highest BCUT2D eigenvalue weighted by Gasteiger charge is 2.24. The third-order valence-corrected chi connectivity index (χ3v) is 6.93. The van der Waals surface area contributed by atoms with E-state index in [9.17, 15) is 9.18 Å². The Balaban J connectivity index is 1.24. The van der Waals surface area contributed by atoms with E-state index in [2.05, 4.69) is 9.80 Å². The van der Waals surface area contributed by atoms with Gasteiger partial charge in [-0.25, -0.2) is 14.4 Å². The quantitative estimate of drug-likeness (QED) is 0.535. The molecule has 0 radical (unpaired) electrons. The normalized spacial score (nSPS) is 16.9. The molecule has 3 heterocycles. The Kier molecular flexibility index (Phi) is 6.59. The lowest BCUT2D eigenvalue weighted by Gasteiger charge is -2.36.